The van der Waals surface area contributed by atoms with Crippen LogP contribution in [0.1, 0.15) is 49.3 Å². The molecule has 0 bridgehead atoms. The van der Waals surface area contributed by atoms with Crippen LogP contribution in [-0.4, -0.2) is 59.7 Å². The van der Waals surface area contributed by atoms with Crippen molar-refractivity contribution in [3.05, 3.63) is 46.5 Å². The lowest BCUT2D eigenvalue weighted by Crippen LogP contribution is -2.40. The van der Waals surface area contributed by atoms with Gasteiger partial charge in [0.15, 0.2) is 0 Å². The van der Waals surface area contributed by atoms with Gasteiger partial charge in [0.2, 0.25) is 10.0 Å². The van der Waals surface area contributed by atoms with Gasteiger partial charge in [-0.3, -0.25) is 4.90 Å². The summed E-state index contributed by atoms with van der Waals surface area (Å²) in [5, 5.41) is 0.447. The van der Waals surface area contributed by atoms with Crippen LogP contribution in [0.25, 0.3) is 0 Å². The predicted octanol–water partition coefficient (Wildman–Crippen LogP) is 4.19. The van der Waals surface area contributed by atoms with E-state index in [-0.39, 0.29) is 18.6 Å². The molecular formula is C27H38ClN3O6S. The topological polar surface area (TPSA) is 120 Å². The van der Waals surface area contributed by atoms with Gasteiger partial charge in [-0.05, 0) is 68.5 Å². The quantitative estimate of drug-likeness (QED) is 0.198. The molecule has 210 valence electrons. The van der Waals surface area contributed by atoms with Gasteiger partial charge >= 0.3 is 0 Å². The average Bonchev–Trinajstić information content (AvgIpc) is 2.90. The third-order valence-electron chi connectivity index (χ3n) is 6.82. The van der Waals surface area contributed by atoms with Crippen LogP contribution in [0.3, 0.4) is 0 Å². The monoisotopic (exact) mass is 567 g/mol. The van der Waals surface area contributed by atoms with Crippen LogP contribution in [0.2, 0.25) is 5.02 Å². The lowest BCUT2D eigenvalue weighted by molar-refractivity contribution is -0.108. The molecule has 1 aliphatic heterocycles. The maximum atomic E-state index is 11.5. The zero-order valence-electron chi connectivity index (χ0n) is 22.2. The third-order valence-corrected chi connectivity index (χ3v) is 7.84. The molecule has 0 aromatic heterocycles. The Labute approximate surface area is 230 Å². The molecule has 3 rings (SSSR count). The minimum atomic E-state index is -3.22. The molecule has 38 heavy (non-hydrogen) atoms. The number of hydrogen-bond donors (Lipinski definition) is 2. The average molecular weight is 568 g/mol. The van der Waals surface area contributed by atoms with E-state index in [1.807, 2.05) is 18.2 Å². The number of nitrogens with two attached hydrogens (primary N) is 1. The van der Waals surface area contributed by atoms with Crippen molar-refractivity contribution in [1.82, 2.24) is 9.62 Å². The first-order valence-electron chi connectivity index (χ1n) is 12.7. The molecule has 1 fully saturated rings. The summed E-state index contributed by atoms with van der Waals surface area (Å²) in [7, 11) is -0.0215. The second-order valence-corrected chi connectivity index (χ2v) is 11.9. The molecular weight excluding hydrogens is 530 g/mol. The molecule has 11 heteroatoms. The number of likely N-dealkylation sites (tertiary alicyclic amines) is 1. The molecule has 1 heterocycles. The predicted molar refractivity (Wildman–Crippen MR) is 150 cm³/mol. The smallest absolute Gasteiger partial charge is 0.208 e. The van der Waals surface area contributed by atoms with Crippen LogP contribution in [0.15, 0.2) is 30.3 Å². The van der Waals surface area contributed by atoms with E-state index in [1.54, 1.807) is 26.4 Å². The molecule has 0 saturated carbocycles. The van der Waals surface area contributed by atoms with Crippen molar-refractivity contribution < 1.29 is 27.4 Å². The van der Waals surface area contributed by atoms with Crippen LogP contribution in [0, 0.1) is 5.92 Å². The van der Waals surface area contributed by atoms with Gasteiger partial charge < -0.3 is 24.7 Å². The molecule has 1 atom stereocenters. The molecule has 0 spiro atoms. The van der Waals surface area contributed by atoms with E-state index in [0.29, 0.717) is 40.9 Å². The Morgan fingerprint density at radius 1 is 1.13 bits per heavy atom. The molecule has 0 amide bonds. The highest BCUT2D eigenvalue weighted by Crippen LogP contribution is 2.40. The number of piperidine rings is 1. The normalized spacial score (nSPS) is 15.7. The first-order valence-corrected chi connectivity index (χ1v) is 15.0. The van der Waals surface area contributed by atoms with Crippen LogP contribution in [0.5, 0.6) is 17.2 Å². The molecule has 1 saturated heterocycles. The summed E-state index contributed by atoms with van der Waals surface area (Å²) < 4.78 is 42.7. The summed E-state index contributed by atoms with van der Waals surface area (Å²) >= 11 is 6.48. The number of nitrogen functional groups attached to an aromatic ring is 1. The molecule has 0 radical (unpaired) electrons. The largest absolute Gasteiger partial charge is 0.497 e. The highest BCUT2D eigenvalue weighted by atomic mass is 35.5. The Hall–Kier alpha value is -2.53. The van der Waals surface area contributed by atoms with Gasteiger partial charge in [-0.1, -0.05) is 11.6 Å². The number of unbranched alkanes of at least 4 members (excludes halogenated alkanes) is 1. The van der Waals surface area contributed by atoms with Crippen LogP contribution in [-0.2, 0) is 21.4 Å². The number of anilines is 1. The van der Waals surface area contributed by atoms with E-state index < -0.39 is 10.0 Å². The molecule has 0 aliphatic carbocycles. The number of nitrogens with one attached hydrogen (secondary N) is 1. The molecule has 3 N–H and O–H groups in total. The summed E-state index contributed by atoms with van der Waals surface area (Å²) in [4.78, 5) is 13.4. The standard InChI is InChI=1S/C27H38ClN3O6S/c1-35-21-12-20(13-22(14-21)36-2)18-37-27-16-25(29)24(28)15-23(27)26(6-4-5-11-32)31-9-7-19(8-10-31)17-30-38(3,33)34/h11-16,19,26,30H,4-10,17-18,29H2,1-3H3. The highest BCUT2D eigenvalue weighted by Gasteiger charge is 2.29. The van der Waals surface area contributed by atoms with Crippen molar-refractivity contribution in [2.45, 2.75) is 44.8 Å². The van der Waals surface area contributed by atoms with Gasteiger partial charge in [0.25, 0.3) is 0 Å². The summed E-state index contributed by atoms with van der Waals surface area (Å²) in [6.45, 7) is 2.28. The number of sulfonamides is 1. The number of methoxy groups -OCH3 is 2. The van der Waals surface area contributed by atoms with E-state index in [1.165, 1.54) is 6.26 Å². The van der Waals surface area contributed by atoms with Crippen molar-refractivity contribution in [1.29, 1.82) is 0 Å². The molecule has 9 nitrogen and oxygen atoms in total. The van der Waals surface area contributed by atoms with E-state index >= 15 is 0 Å². The van der Waals surface area contributed by atoms with Crippen LogP contribution < -0.4 is 24.7 Å². The summed E-state index contributed by atoms with van der Waals surface area (Å²) in [6.07, 6.45) is 5.76. The number of aldehydes is 1. The maximum absolute atomic E-state index is 11.5. The Morgan fingerprint density at radius 3 is 2.37 bits per heavy atom. The Balaban J connectivity index is 1.83. The number of halogens is 1. The van der Waals surface area contributed by atoms with E-state index in [4.69, 9.17) is 31.5 Å². The lowest BCUT2D eigenvalue weighted by atomic mass is 9.92. The SMILES string of the molecule is COc1cc(COc2cc(N)c(Cl)cc2C(CCCC=O)N2CCC(CNS(C)(=O)=O)CC2)cc(OC)c1. The number of benzene rings is 2. The minimum Gasteiger partial charge on any atom is -0.497 e. The second-order valence-electron chi connectivity index (χ2n) is 9.63. The van der Waals surface area contributed by atoms with E-state index in [2.05, 4.69) is 9.62 Å². The molecule has 2 aromatic carbocycles. The van der Waals surface area contributed by atoms with Crippen LogP contribution in [0.4, 0.5) is 5.69 Å². The van der Waals surface area contributed by atoms with E-state index in [0.717, 1.165) is 56.2 Å². The van der Waals surface area contributed by atoms with Crippen molar-refractivity contribution in [3.63, 3.8) is 0 Å². The number of carbonyl (C=O) groups excluding carboxylic acids is 1. The third kappa shape index (κ3) is 8.76. The Kier molecular flexibility index (Phi) is 11.1. The van der Waals surface area contributed by atoms with Crippen molar-refractivity contribution in [2.75, 3.05) is 45.8 Å². The van der Waals surface area contributed by atoms with Gasteiger partial charge in [0, 0.05) is 36.7 Å². The summed E-state index contributed by atoms with van der Waals surface area (Å²) in [5.74, 6) is 2.23. The summed E-state index contributed by atoms with van der Waals surface area (Å²) in [6, 6.07) is 9.15. The zero-order chi connectivity index (χ0) is 27.7. The molecule has 1 unspecified atom stereocenters. The fourth-order valence-corrected chi connectivity index (χ4v) is 5.46. The second kappa shape index (κ2) is 14.0. The van der Waals surface area contributed by atoms with E-state index in [9.17, 15) is 13.2 Å². The van der Waals surface area contributed by atoms with Gasteiger partial charge in [-0.15, -0.1) is 0 Å². The first kappa shape index (κ1) is 30.0. The number of ether oxygens (including phenoxy) is 3. The number of hydrogen-bond acceptors (Lipinski definition) is 8. The van der Waals surface area contributed by atoms with Crippen molar-refractivity contribution in [3.8, 4) is 17.2 Å². The van der Waals surface area contributed by atoms with Gasteiger partial charge in [-0.2, -0.15) is 0 Å². The van der Waals surface area contributed by atoms with Gasteiger partial charge in [0.05, 0.1) is 31.2 Å². The summed E-state index contributed by atoms with van der Waals surface area (Å²) in [5.41, 5.74) is 8.38. The minimum absolute atomic E-state index is 0.0355. The van der Waals surface area contributed by atoms with Crippen molar-refractivity contribution in [2.24, 2.45) is 5.92 Å². The number of nitrogens with zero attached hydrogens (tertiary/aromatic N) is 1. The highest BCUT2D eigenvalue weighted by molar-refractivity contribution is 7.88. The van der Waals surface area contributed by atoms with Gasteiger partial charge in [-0.25, -0.2) is 13.1 Å². The fourth-order valence-electron chi connectivity index (χ4n) is 4.75. The van der Waals surface area contributed by atoms with Gasteiger partial charge in [0.1, 0.15) is 30.1 Å². The molecule has 2 aromatic rings. The lowest BCUT2D eigenvalue weighted by Gasteiger charge is -2.38. The fraction of sp³-hybridized carbons (Fsp3) is 0.519. The first-order chi connectivity index (χ1) is 18.1. The maximum Gasteiger partial charge on any atom is 0.208 e. The number of carbonyl (C=O) groups is 1. The Bertz CT molecular complexity index is 1160. The van der Waals surface area contributed by atoms with Crippen LogP contribution >= 0.6 is 11.6 Å². The van der Waals surface area contributed by atoms with Crippen molar-refractivity contribution >= 4 is 33.6 Å². The molecule has 1 aliphatic rings. The number of rotatable bonds is 14. The Morgan fingerprint density at radius 2 is 1.79 bits per heavy atom. The zero-order valence-corrected chi connectivity index (χ0v) is 23.8.